The highest BCUT2D eigenvalue weighted by Crippen LogP contribution is 2.24. The first kappa shape index (κ1) is 9.87. The van der Waals surface area contributed by atoms with E-state index < -0.39 is 17.4 Å². The second kappa shape index (κ2) is 3.83. The van der Waals surface area contributed by atoms with E-state index in [0.717, 1.165) is 12.1 Å². The van der Waals surface area contributed by atoms with Crippen molar-refractivity contribution in [1.82, 2.24) is 5.32 Å². The lowest BCUT2D eigenvalue weighted by atomic mass is 10.2. The van der Waals surface area contributed by atoms with E-state index in [9.17, 15) is 8.78 Å². The van der Waals surface area contributed by atoms with Crippen molar-refractivity contribution in [1.29, 1.82) is 5.26 Å². The molecule has 1 aromatic rings. The number of ether oxygens (including phenoxy) is 1. The minimum atomic E-state index is -0.835. The van der Waals surface area contributed by atoms with Crippen molar-refractivity contribution >= 4 is 0 Å². The highest BCUT2D eigenvalue weighted by atomic mass is 19.1. The monoisotopic (exact) mass is 210 g/mol. The number of halogens is 2. The Bertz CT molecular complexity index is 401. The average molecular weight is 210 g/mol. The van der Waals surface area contributed by atoms with Gasteiger partial charge in [0, 0.05) is 13.1 Å². The zero-order valence-electron chi connectivity index (χ0n) is 7.76. The number of benzene rings is 1. The molecule has 1 heterocycles. The molecule has 0 atom stereocenters. The third-order valence-corrected chi connectivity index (χ3v) is 2.16. The zero-order valence-corrected chi connectivity index (χ0v) is 7.76. The Balaban J connectivity index is 2.26. The van der Waals surface area contributed by atoms with Crippen molar-refractivity contribution in [3.8, 4) is 11.8 Å². The Morgan fingerprint density at radius 1 is 1.33 bits per heavy atom. The summed E-state index contributed by atoms with van der Waals surface area (Å²) >= 11 is 0. The lowest BCUT2D eigenvalue weighted by Gasteiger charge is -2.28. The quantitative estimate of drug-likeness (QED) is 0.797. The highest BCUT2D eigenvalue weighted by molar-refractivity contribution is 5.37. The molecule has 1 N–H and O–H groups in total. The van der Waals surface area contributed by atoms with Gasteiger partial charge in [0.05, 0.1) is 11.6 Å². The van der Waals surface area contributed by atoms with Crippen LogP contribution < -0.4 is 10.1 Å². The molecular formula is C10H8F2N2O. The highest BCUT2D eigenvalue weighted by Gasteiger charge is 2.22. The molecule has 1 aliphatic rings. The molecule has 3 nitrogen and oxygen atoms in total. The average Bonchev–Trinajstić information content (AvgIpc) is 2.13. The molecule has 0 aliphatic carbocycles. The summed E-state index contributed by atoms with van der Waals surface area (Å²) in [6.45, 7) is 1.16. The van der Waals surface area contributed by atoms with Gasteiger partial charge in [-0.25, -0.2) is 8.78 Å². The van der Waals surface area contributed by atoms with E-state index in [2.05, 4.69) is 5.32 Å². The molecule has 1 aromatic carbocycles. The van der Waals surface area contributed by atoms with E-state index in [0.29, 0.717) is 13.1 Å². The maximum atomic E-state index is 13.3. The van der Waals surface area contributed by atoms with Gasteiger partial charge in [-0.05, 0) is 12.1 Å². The Hall–Kier alpha value is -1.67. The second-order valence-electron chi connectivity index (χ2n) is 3.28. The molecule has 15 heavy (non-hydrogen) atoms. The largest absolute Gasteiger partial charge is 0.482 e. The Kier molecular flexibility index (Phi) is 2.52. The summed E-state index contributed by atoms with van der Waals surface area (Å²) in [5.74, 6) is -2.07. The molecule has 1 aliphatic heterocycles. The molecule has 5 heteroatoms. The minimum absolute atomic E-state index is 0.0518. The molecule has 1 fully saturated rings. The predicted molar refractivity (Wildman–Crippen MR) is 48.4 cm³/mol. The molecule has 0 unspecified atom stereocenters. The number of hydrogen-bond donors (Lipinski definition) is 1. The van der Waals surface area contributed by atoms with E-state index in [1.54, 1.807) is 6.07 Å². The van der Waals surface area contributed by atoms with Crippen LogP contribution in [-0.4, -0.2) is 19.2 Å². The molecule has 2 rings (SSSR count). The van der Waals surface area contributed by atoms with E-state index in [1.165, 1.54) is 0 Å². The van der Waals surface area contributed by atoms with Crippen LogP contribution in [0.2, 0.25) is 0 Å². The van der Waals surface area contributed by atoms with E-state index in [4.69, 9.17) is 10.00 Å². The number of hydrogen-bond acceptors (Lipinski definition) is 3. The standard InChI is InChI=1S/C10H8F2N2O/c11-8-1-6(3-13)2-9(12)10(8)15-7-4-14-5-7/h1-2,7,14H,4-5H2. The summed E-state index contributed by atoms with van der Waals surface area (Å²) in [6.07, 6.45) is -0.193. The molecule has 0 radical (unpaired) electrons. The maximum Gasteiger partial charge on any atom is 0.191 e. The van der Waals surface area contributed by atoms with Crippen LogP contribution in [0.5, 0.6) is 5.75 Å². The van der Waals surface area contributed by atoms with Crippen molar-refractivity contribution in [3.63, 3.8) is 0 Å². The van der Waals surface area contributed by atoms with Gasteiger partial charge >= 0.3 is 0 Å². The van der Waals surface area contributed by atoms with Crippen LogP contribution in [0.15, 0.2) is 12.1 Å². The van der Waals surface area contributed by atoms with Gasteiger partial charge in [0.2, 0.25) is 0 Å². The minimum Gasteiger partial charge on any atom is -0.482 e. The summed E-state index contributed by atoms with van der Waals surface area (Å²) < 4.78 is 31.7. The summed E-state index contributed by atoms with van der Waals surface area (Å²) in [6, 6.07) is 3.59. The van der Waals surface area contributed by atoms with Crippen molar-refractivity contribution in [2.24, 2.45) is 0 Å². The van der Waals surface area contributed by atoms with Gasteiger partial charge in [-0.3, -0.25) is 0 Å². The van der Waals surface area contributed by atoms with Crippen LogP contribution >= 0.6 is 0 Å². The molecule has 78 valence electrons. The zero-order chi connectivity index (χ0) is 10.8. The fourth-order valence-electron chi connectivity index (χ4n) is 1.25. The third-order valence-electron chi connectivity index (χ3n) is 2.16. The Morgan fingerprint density at radius 3 is 2.33 bits per heavy atom. The third kappa shape index (κ3) is 1.90. The fraction of sp³-hybridized carbons (Fsp3) is 0.300. The van der Waals surface area contributed by atoms with E-state index in [-0.39, 0.29) is 11.7 Å². The van der Waals surface area contributed by atoms with Crippen molar-refractivity contribution in [2.45, 2.75) is 6.10 Å². The first-order valence-corrected chi connectivity index (χ1v) is 4.47. The Morgan fingerprint density at radius 2 is 1.93 bits per heavy atom. The smallest absolute Gasteiger partial charge is 0.191 e. The van der Waals surface area contributed by atoms with Gasteiger partial charge in [0.15, 0.2) is 17.4 Å². The van der Waals surface area contributed by atoms with Crippen molar-refractivity contribution in [2.75, 3.05) is 13.1 Å². The summed E-state index contributed by atoms with van der Waals surface area (Å²) in [5, 5.41) is 11.4. The van der Waals surface area contributed by atoms with Gasteiger partial charge < -0.3 is 10.1 Å². The summed E-state index contributed by atoms with van der Waals surface area (Å²) in [7, 11) is 0. The van der Waals surface area contributed by atoms with Crippen LogP contribution in [0.1, 0.15) is 5.56 Å². The summed E-state index contributed by atoms with van der Waals surface area (Å²) in [5.41, 5.74) is -0.0518. The van der Waals surface area contributed by atoms with Gasteiger partial charge in [-0.2, -0.15) is 5.26 Å². The second-order valence-corrected chi connectivity index (χ2v) is 3.28. The lowest BCUT2D eigenvalue weighted by molar-refractivity contribution is 0.130. The topological polar surface area (TPSA) is 45.0 Å². The first-order valence-electron chi connectivity index (χ1n) is 4.47. The molecule has 0 aromatic heterocycles. The van der Waals surface area contributed by atoms with E-state index in [1.807, 2.05) is 0 Å². The normalized spacial score (nSPS) is 15.5. The Labute approximate surface area is 85.3 Å². The molecule has 1 saturated heterocycles. The van der Waals surface area contributed by atoms with Gasteiger partial charge in [0.25, 0.3) is 0 Å². The number of nitrogens with one attached hydrogen (secondary N) is 1. The molecule has 0 amide bonds. The molecule has 0 saturated carbocycles. The molecule has 0 bridgehead atoms. The fourth-order valence-corrected chi connectivity index (χ4v) is 1.25. The van der Waals surface area contributed by atoms with E-state index >= 15 is 0 Å². The van der Waals surface area contributed by atoms with Crippen LogP contribution in [0.25, 0.3) is 0 Å². The lowest BCUT2D eigenvalue weighted by Crippen LogP contribution is -2.50. The number of rotatable bonds is 2. The first-order chi connectivity index (χ1) is 7.20. The summed E-state index contributed by atoms with van der Waals surface area (Å²) in [4.78, 5) is 0. The molecule has 0 spiro atoms. The van der Waals surface area contributed by atoms with Crippen molar-refractivity contribution in [3.05, 3.63) is 29.3 Å². The van der Waals surface area contributed by atoms with Crippen LogP contribution in [0, 0.1) is 23.0 Å². The number of nitrogens with zero attached hydrogens (tertiary/aromatic N) is 1. The SMILES string of the molecule is N#Cc1cc(F)c(OC2CNC2)c(F)c1. The predicted octanol–water partition coefficient (Wildman–Crippen LogP) is 1.19. The molecular weight excluding hydrogens is 202 g/mol. The van der Waals surface area contributed by atoms with Crippen LogP contribution in [0.4, 0.5) is 8.78 Å². The van der Waals surface area contributed by atoms with Crippen LogP contribution in [-0.2, 0) is 0 Å². The van der Waals surface area contributed by atoms with Gasteiger partial charge in [-0.1, -0.05) is 0 Å². The number of nitriles is 1. The van der Waals surface area contributed by atoms with Crippen LogP contribution in [0.3, 0.4) is 0 Å². The van der Waals surface area contributed by atoms with Crippen molar-refractivity contribution < 1.29 is 13.5 Å². The maximum absolute atomic E-state index is 13.3. The van der Waals surface area contributed by atoms with Gasteiger partial charge in [0.1, 0.15) is 6.10 Å². The van der Waals surface area contributed by atoms with Gasteiger partial charge in [-0.15, -0.1) is 0 Å².